The van der Waals surface area contributed by atoms with E-state index in [1.54, 1.807) is 18.3 Å². The van der Waals surface area contributed by atoms with Gasteiger partial charge in [0.25, 0.3) is 0 Å². The van der Waals surface area contributed by atoms with Crippen LogP contribution >= 0.6 is 0 Å². The lowest BCUT2D eigenvalue weighted by Gasteiger charge is -2.14. The number of phenols is 1. The summed E-state index contributed by atoms with van der Waals surface area (Å²) < 4.78 is 1.99. The Morgan fingerprint density at radius 1 is 1.47 bits per heavy atom. The number of hydrogen-bond acceptors (Lipinski definition) is 3. The lowest BCUT2D eigenvalue weighted by Crippen LogP contribution is -2.20. The van der Waals surface area contributed by atoms with Crippen LogP contribution in [0.4, 0.5) is 0 Å². The third-order valence-corrected chi connectivity index (χ3v) is 2.86. The summed E-state index contributed by atoms with van der Waals surface area (Å²) >= 11 is 0. The molecule has 1 heterocycles. The van der Waals surface area contributed by atoms with Crippen molar-refractivity contribution in [2.24, 2.45) is 7.05 Å². The van der Waals surface area contributed by atoms with Gasteiger partial charge in [-0.05, 0) is 24.6 Å². The average Bonchev–Trinajstić information content (AvgIpc) is 2.72. The van der Waals surface area contributed by atoms with Crippen molar-refractivity contribution in [3.05, 3.63) is 48.0 Å². The number of phenolic OH excluding ortho intramolecular Hbond substituents is 1. The van der Waals surface area contributed by atoms with Gasteiger partial charge in [-0.2, -0.15) is 0 Å². The average molecular weight is 231 g/mol. The van der Waals surface area contributed by atoms with E-state index in [2.05, 4.69) is 17.2 Å². The Bertz CT molecular complexity index is 493. The maximum atomic E-state index is 9.41. The number of aromatic hydroxyl groups is 1. The normalized spacial score (nSPS) is 12.6. The van der Waals surface area contributed by atoms with Crippen LogP contribution in [0.15, 0.2) is 36.7 Å². The number of nitrogens with zero attached hydrogens (tertiary/aromatic N) is 2. The highest BCUT2D eigenvalue weighted by Gasteiger charge is 2.06. The van der Waals surface area contributed by atoms with Gasteiger partial charge >= 0.3 is 0 Å². The van der Waals surface area contributed by atoms with Crippen LogP contribution in [0.5, 0.6) is 5.75 Å². The van der Waals surface area contributed by atoms with E-state index in [1.807, 2.05) is 29.9 Å². The van der Waals surface area contributed by atoms with Crippen LogP contribution in [0.2, 0.25) is 0 Å². The smallest absolute Gasteiger partial charge is 0.122 e. The van der Waals surface area contributed by atoms with E-state index >= 15 is 0 Å². The van der Waals surface area contributed by atoms with Crippen molar-refractivity contribution >= 4 is 0 Å². The van der Waals surface area contributed by atoms with Crippen LogP contribution < -0.4 is 5.32 Å². The van der Waals surface area contributed by atoms with Crippen LogP contribution in [-0.4, -0.2) is 14.7 Å². The fourth-order valence-corrected chi connectivity index (χ4v) is 1.72. The lowest BCUT2D eigenvalue weighted by molar-refractivity contribution is 0.471. The summed E-state index contributed by atoms with van der Waals surface area (Å²) in [7, 11) is 1.98. The lowest BCUT2D eigenvalue weighted by atomic mass is 10.1. The molecule has 0 spiro atoms. The van der Waals surface area contributed by atoms with Crippen LogP contribution in [0.1, 0.15) is 24.4 Å². The summed E-state index contributed by atoms with van der Waals surface area (Å²) in [6.07, 6.45) is 3.71. The molecule has 1 atom stereocenters. The standard InChI is InChI=1S/C13H17N3O/c1-10(11-4-3-5-12(17)8-11)15-9-13-14-6-7-16(13)2/h3-8,10,15,17H,9H2,1-2H3. The van der Waals surface area contributed by atoms with Crippen molar-refractivity contribution in [3.8, 4) is 5.75 Å². The Labute approximate surface area is 101 Å². The number of imidazole rings is 1. The molecule has 0 aliphatic rings. The van der Waals surface area contributed by atoms with E-state index in [-0.39, 0.29) is 6.04 Å². The predicted octanol–water partition coefficient (Wildman–Crippen LogP) is 1.98. The minimum atomic E-state index is 0.179. The van der Waals surface area contributed by atoms with Crippen LogP contribution in [0.25, 0.3) is 0 Å². The molecule has 90 valence electrons. The third kappa shape index (κ3) is 2.85. The van der Waals surface area contributed by atoms with Crippen molar-refractivity contribution in [1.82, 2.24) is 14.9 Å². The monoisotopic (exact) mass is 231 g/mol. The highest BCUT2D eigenvalue weighted by molar-refractivity contribution is 5.29. The molecule has 1 aromatic heterocycles. The molecular weight excluding hydrogens is 214 g/mol. The molecule has 0 amide bonds. The van der Waals surface area contributed by atoms with Gasteiger partial charge < -0.3 is 15.0 Å². The van der Waals surface area contributed by atoms with E-state index in [4.69, 9.17) is 0 Å². The molecule has 4 nitrogen and oxygen atoms in total. The summed E-state index contributed by atoms with van der Waals surface area (Å²) in [5.74, 6) is 1.30. The largest absolute Gasteiger partial charge is 0.508 e. The molecule has 4 heteroatoms. The number of rotatable bonds is 4. The molecule has 0 aliphatic heterocycles. The Kier molecular flexibility index (Phi) is 3.44. The van der Waals surface area contributed by atoms with Gasteiger partial charge in [0.15, 0.2) is 0 Å². The van der Waals surface area contributed by atoms with E-state index in [0.717, 1.165) is 11.4 Å². The first kappa shape index (κ1) is 11.7. The van der Waals surface area contributed by atoms with Crippen LogP contribution in [-0.2, 0) is 13.6 Å². The van der Waals surface area contributed by atoms with Crippen molar-refractivity contribution in [3.63, 3.8) is 0 Å². The summed E-state index contributed by atoms with van der Waals surface area (Å²) in [5.41, 5.74) is 1.07. The second kappa shape index (κ2) is 5.01. The van der Waals surface area contributed by atoms with Crippen molar-refractivity contribution in [1.29, 1.82) is 0 Å². The number of hydrogen-bond donors (Lipinski definition) is 2. The van der Waals surface area contributed by atoms with Gasteiger partial charge in [0.2, 0.25) is 0 Å². The molecule has 0 saturated heterocycles. The van der Waals surface area contributed by atoms with Gasteiger partial charge in [0.1, 0.15) is 11.6 Å². The number of aryl methyl sites for hydroxylation is 1. The zero-order valence-corrected chi connectivity index (χ0v) is 10.1. The Morgan fingerprint density at radius 2 is 2.29 bits per heavy atom. The van der Waals surface area contributed by atoms with Gasteiger partial charge in [0, 0.05) is 25.5 Å². The summed E-state index contributed by atoms with van der Waals surface area (Å²) in [6, 6.07) is 7.48. The topological polar surface area (TPSA) is 50.1 Å². The molecule has 2 N–H and O–H groups in total. The third-order valence-electron chi connectivity index (χ3n) is 2.86. The number of aromatic nitrogens is 2. The zero-order valence-electron chi connectivity index (χ0n) is 10.1. The van der Waals surface area contributed by atoms with E-state index in [9.17, 15) is 5.11 Å². The van der Waals surface area contributed by atoms with Crippen molar-refractivity contribution < 1.29 is 5.11 Å². The first-order valence-corrected chi connectivity index (χ1v) is 5.65. The number of nitrogens with one attached hydrogen (secondary N) is 1. The van der Waals surface area contributed by atoms with Gasteiger partial charge in [-0.25, -0.2) is 4.98 Å². The zero-order chi connectivity index (χ0) is 12.3. The second-order valence-electron chi connectivity index (χ2n) is 4.15. The minimum Gasteiger partial charge on any atom is -0.508 e. The van der Waals surface area contributed by atoms with Gasteiger partial charge in [-0.1, -0.05) is 12.1 Å². The molecule has 2 rings (SSSR count). The predicted molar refractivity (Wildman–Crippen MR) is 66.6 cm³/mol. The second-order valence-corrected chi connectivity index (χ2v) is 4.15. The SMILES string of the molecule is CC(NCc1nccn1C)c1cccc(O)c1. The maximum absolute atomic E-state index is 9.41. The molecule has 2 aromatic rings. The van der Waals surface area contributed by atoms with Crippen LogP contribution in [0, 0.1) is 0 Å². The van der Waals surface area contributed by atoms with Gasteiger partial charge in [0.05, 0.1) is 6.54 Å². The van der Waals surface area contributed by atoms with Crippen LogP contribution in [0.3, 0.4) is 0 Å². The van der Waals surface area contributed by atoms with Gasteiger partial charge in [-0.3, -0.25) is 0 Å². The van der Waals surface area contributed by atoms with Crippen molar-refractivity contribution in [2.45, 2.75) is 19.5 Å². The molecular formula is C13H17N3O. The molecule has 0 aliphatic carbocycles. The first-order chi connectivity index (χ1) is 8.16. The molecule has 1 aromatic carbocycles. The fraction of sp³-hybridized carbons (Fsp3) is 0.308. The molecule has 1 unspecified atom stereocenters. The molecule has 0 radical (unpaired) electrons. The van der Waals surface area contributed by atoms with Crippen molar-refractivity contribution in [2.75, 3.05) is 0 Å². The Balaban J connectivity index is 1.98. The maximum Gasteiger partial charge on any atom is 0.122 e. The fourth-order valence-electron chi connectivity index (χ4n) is 1.72. The summed E-state index contributed by atoms with van der Waals surface area (Å²) in [4.78, 5) is 4.25. The van der Waals surface area contributed by atoms with Gasteiger partial charge in [-0.15, -0.1) is 0 Å². The molecule has 0 fully saturated rings. The summed E-state index contributed by atoms with van der Waals surface area (Å²) in [5, 5.41) is 12.8. The molecule has 17 heavy (non-hydrogen) atoms. The van der Waals surface area contributed by atoms with E-state index in [0.29, 0.717) is 12.3 Å². The Hall–Kier alpha value is -1.81. The molecule has 0 bridgehead atoms. The minimum absolute atomic E-state index is 0.179. The summed E-state index contributed by atoms with van der Waals surface area (Å²) in [6.45, 7) is 2.78. The Morgan fingerprint density at radius 3 is 2.94 bits per heavy atom. The van der Waals surface area contributed by atoms with E-state index < -0.39 is 0 Å². The number of benzene rings is 1. The highest BCUT2D eigenvalue weighted by Crippen LogP contribution is 2.17. The van der Waals surface area contributed by atoms with E-state index in [1.165, 1.54) is 0 Å². The first-order valence-electron chi connectivity index (χ1n) is 5.65. The quantitative estimate of drug-likeness (QED) is 0.846. The highest BCUT2D eigenvalue weighted by atomic mass is 16.3. The molecule has 0 saturated carbocycles.